The van der Waals surface area contributed by atoms with Crippen molar-refractivity contribution in [3.05, 3.63) is 71.3 Å². The van der Waals surface area contributed by atoms with Gasteiger partial charge in [0.15, 0.2) is 0 Å². The fourth-order valence-electron chi connectivity index (χ4n) is 4.35. The van der Waals surface area contributed by atoms with Crippen LogP contribution in [0.2, 0.25) is 0 Å². The van der Waals surface area contributed by atoms with E-state index in [0.717, 1.165) is 47.0 Å². The predicted octanol–water partition coefficient (Wildman–Crippen LogP) is 7.46. The fraction of sp³-hybridized carbons (Fsp3) is 0.379. The number of para-hydroxylation sites is 3. The van der Waals surface area contributed by atoms with Crippen LogP contribution in [-0.4, -0.2) is 22.1 Å². The zero-order valence-electron chi connectivity index (χ0n) is 20.5. The third kappa shape index (κ3) is 6.01. The van der Waals surface area contributed by atoms with Gasteiger partial charge in [0, 0.05) is 7.05 Å². The fourth-order valence-corrected chi connectivity index (χ4v) is 4.35. The molecule has 0 saturated carbocycles. The minimum absolute atomic E-state index is 0.496. The Morgan fingerprint density at radius 2 is 1.45 bits per heavy atom. The van der Waals surface area contributed by atoms with Crippen molar-refractivity contribution < 1.29 is 5.11 Å². The molecule has 0 bridgehead atoms. The highest BCUT2D eigenvalue weighted by atomic mass is 16.3. The Balaban J connectivity index is 0.000000186. The number of aryl methyl sites for hydroxylation is 1. The van der Waals surface area contributed by atoms with Crippen LogP contribution in [0.4, 0.5) is 5.69 Å². The summed E-state index contributed by atoms with van der Waals surface area (Å²) in [7, 11) is 1.89. The summed E-state index contributed by atoms with van der Waals surface area (Å²) in [5, 5.41) is 13.1. The molecule has 174 valence electrons. The molecule has 0 fully saturated rings. The summed E-state index contributed by atoms with van der Waals surface area (Å²) in [6.45, 7) is 6.60. The van der Waals surface area contributed by atoms with E-state index < -0.39 is 0 Å². The van der Waals surface area contributed by atoms with E-state index in [1.807, 2.05) is 55.6 Å². The lowest BCUT2D eigenvalue weighted by molar-refractivity contribution is 0.464. The van der Waals surface area contributed by atoms with Crippen molar-refractivity contribution in [2.45, 2.75) is 65.7 Å². The first-order valence-electron chi connectivity index (χ1n) is 12.3. The lowest BCUT2D eigenvalue weighted by Crippen LogP contribution is -1.99. The number of phenols is 1. The van der Waals surface area contributed by atoms with Gasteiger partial charge in [0.05, 0.1) is 22.2 Å². The molecular formula is C29H37N3O. The maximum atomic E-state index is 10.00. The van der Waals surface area contributed by atoms with Crippen molar-refractivity contribution in [1.29, 1.82) is 0 Å². The number of hydrogen-bond donors (Lipinski definition) is 2. The third-order valence-electron chi connectivity index (χ3n) is 6.16. The van der Waals surface area contributed by atoms with Gasteiger partial charge < -0.3 is 10.4 Å². The molecule has 0 radical (unpaired) electrons. The van der Waals surface area contributed by atoms with Crippen LogP contribution in [0.15, 0.2) is 54.6 Å². The van der Waals surface area contributed by atoms with E-state index in [0.29, 0.717) is 5.75 Å². The number of hydrogen-bond acceptors (Lipinski definition) is 4. The smallest absolute Gasteiger partial charge is 0.119 e. The van der Waals surface area contributed by atoms with Crippen molar-refractivity contribution in [3.8, 4) is 5.75 Å². The van der Waals surface area contributed by atoms with Gasteiger partial charge in [-0.05, 0) is 72.7 Å². The van der Waals surface area contributed by atoms with Crippen molar-refractivity contribution in [2.75, 3.05) is 12.4 Å². The third-order valence-corrected chi connectivity index (χ3v) is 6.16. The highest BCUT2D eigenvalue weighted by Gasteiger charge is 2.10. The van der Waals surface area contributed by atoms with E-state index in [-0.39, 0.29) is 0 Å². The van der Waals surface area contributed by atoms with Crippen molar-refractivity contribution in [1.82, 2.24) is 9.97 Å². The summed E-state index contributed by atoms with van der Waals surface area (Å²) < 4.78 is 0. The molecule has 4 nitrogen and oxygen atoms in total. The maximum Gasteiger partial charge on any atom is 0.119 e. The van der Waals surface area contributed by atoms with Crippen LogP contribution >= 0.6 is 0 Å². The number of fused-ring (bicyclic) bond motifs is 2. The molecule has 1 aromatic heterocycles. The number of aromatic nitrogens is 2. The Hall–Kier alpha value is -3.14. The highest BCUT2D eigenvalue weighted by Crippen LogP contribution is 2.27. The van der Waals surface area contributed by atoms with Gasteiger partial charge in [-0.25, -0.2) is 9.97 Å². The van der Waals surface area contributed by atoms with E-state index in [1.165, 1.54) is 42.4 Å². The maximum absolute atomic E-state index is 10.00. The van der Waals surface area contributed by atoms with E-state index in [9.17, 15) is 5.11 Å². The standard InChI is InChI=1S/C16H26O.C13H11N3/c1-4-7-8-9-10-15-14(6-3)13(5-2)11-12-16(15)17;1-14-11-7-4-8-12-13(11)16-10-6-3-2-5-9(10)15-12/h11-12,17H,4-10H2,1-3H3;2-8,14H,1H3. The summed E-state index contributed by atoms with van der Waals surface area (Å²) in [5.74, 6) is 0.496. The Bertz CT molecular complexity index is 1190. The summed E-state index contributed by atoms with van der Waals surface area (Å²) in [6.07, 6.45) is 8.16. The van der Waals surface area contributed by atoms with Gasteiger partial charge in [-0.1, -0.05) is 64.3 Å². The molecule has 0 aliphatic heterocycles. The molecule has 4 rings (SSSR count). The van der Waals surface area contributed by atoms with E-state index in [2.05, 4.69) is 42.1 Å². The number of nitrogens with one attached hydrogen (secondary N) is 1. The second-order valence-corrected chi connectivity index (χ2v) is 8.35. The Morgan fingerprint density at radius 1 is 0.727 bits per heavy atom. The molecule has 0 aliphatic rings. The van der Waals surface area contributed by atoms with Gasteiger partial charge in [-0.15, -0.1) is 0 Å². The Labute approximate surface area is 198 Å². The molecule has 1 heterocycles. The first kappa shape index (κ1) is 24.5. The Kier molecular flexibility index (Phi) is 9.05. The summed E-state index contributed by atoms with van der Waals surface area (Å²) >= 11 is 0. The largest absolute Gasteiger partial charge is 0.508 e. The van der Waals surface area contributed by atoms with Gasteiger partial charge in [-0.3, -0.25) is 0 Å². The minimum atomic E-state index is 0.496. The van der Waals surface area contributed by atoms with Crippen molar-refractivity contribution in [2.24, 2.45) is 0 Å². The normalized spacial score (nSPS) is 10.8. The molecule has 0 unspecified atom stereocenters. The number of rotatable bonds is 8. The molecule has 3 aromatic carbocycles. The number of unbranched alkanes of at least 4 members (excludes halogenated alkanes) is 3. The van der Waals surface area contributed by atoms with E-state index in [4.69, 9.17) is 0 Å². The van der Waals surface area contributed by atoms with Crippen LogP contribution in [0.1, 0.15) is 63.1 Å². The van der Waals surface area contributed by atoms with Gasteiger partial charge in [0.1, 0.15) is 11.3 Å². The lowest BCUT2D eigenvalue weighted by atomic mass is 9.93. The quantitative estimate of drug-likeness (QED) is 0.219. The molecule has 2 N–H and O–H groups in total. The second kappa shape index (κ2) is 12.2. The van der Waals surface area contributed by atoms with Gasteiger partial charge in [-0.2, -0.15) is 0 Å². The monoisotopic (exact) mass is 443 g/mol. The first-order chi connectivity index (χ1) is 16.1. The molecule has 0 aliphatic carbocycles. The molecular weight excluding hydrogens is 406 g/mol. The molecule has 0 amide bonds. The second-order valence-electron chi connectivity index (χ2n) is 8.35. The topological polar surface area (TPSA) is 58.0 Å². The zero-order valence-corrected chi connectivity index (χ0v) is 20.5. The van der Waals surface area contributed by atoms with Gasteiger partial charge >= 0.3 is 0 Å². The van der Waals surface area contributed by atoms with Crippen molar-refractivity contribution >= 4 is 27.8 Å². The van der Waals surface area contributed by atoms with Crippen LogP contribution in [0.25, 0.3) is 22.1 Å². The van der Waals surface area contributed by atoms with Crippen LogP contribution in [0.5, 0.6) is 5.75 Å². The van der Waals surface area contributed by atoms with Crippen LogP contribution in [-0.2, 0) is 19.3 Å². The summed E-state index contributed by atoms with van der Waals surface area (Å²) in [4.78, 5) is 9.21. The van der Waals surface area contributed by atoms with Crippen molar-refractivity contribution in [3.63, 3.8) is 0 Å². The predicted molar refractivity (Wildman–Crippen MR) is 141 cm³/mol. The number of anilines is 1. The molecule has 0 spiro atoms. The zero-order chi connectivity index (χ0) is 23.6. The SMILES string of the molecule is CCCCCCc1c(O)ccc(CC)c1CC.CNc1cccc2nc3ccccc3nc12. The highest BCUT2D eigenvalue weighted by molar-refractivity contribution is 5.93. The Morgan fingerprint density at radius 3 is 2.12 bits per heavy atom. The average Bonchev–Trinajstić information content (AvgIpc) is 2.85. The van der Waals surface area contributed by atoms with Gasteiger partial charge in [0.25, 0.3) is 0 Å². The summed E-state index contributed by atoms with van der Waals surface area (Å²) in [5.41, 5.74) is 8.69. The minimum Gasteiger partial charge on any atom is -0.508 e. The van der Waals surface area contributed by atoms with Crippen LogP contribution < -0.4 is 5.32 Å². The molecule has 0 atom stereocenters. The average molecular weight is 444 g/mol. The number of nitrogens with zero attached hydrogens (tertiary/aromatic N) is 2. The first-order valence-corrected chi connectivity index (χ1v) is 12.3. The van der Waals surface area contributed by atoms with E-state index >= 15 is 0 Å². The molecule has 4 aromatic rings. The summed E-state index contributed by atoms with van der Waals surface area (Å²) in [6, 6.07) is 17.8. The number of phenolic OH excluding ortho intramolecular Hbond substituents is 1. The number of benzene rings is 3. The van der Waals surface area contributed by atoms with Crippen LogP contribution in [0, 0.1) is 0 Å². The van der Waals surface area contributed by atoms with Gasteiger partial charge in [0.2, 0.25) is 0 Å². The number of aromatic hydroxyl groups is 1. The lowest BCUT2D eigenvalue weighted by Gasteiger charge is -2.14. The molecule has 0 saturated heterocycles. The molecule has 33 heavy (non-hydrogen) atoms. The van der Waals surface area contributed by atoms with E-state index in [1.54, 1.807) is 0 Å². The van der Waals surface area contributed by atoms with Crippen LogP contribution in [0.3, 0.4) is 0 Å². The molecule has 4 heteroatoms.